The molecule has 1 atom stereocenters. The number of carbonyl (C=O) groups excluding carboxylic acids is 2. The fraction of sp³-hybridized carbons (Fsp3) is 0.333. The van der Waals surface area contributed by atoms with Crippen LogP contribution in [0.5, 0.6) is 5.75 Å². The summed E-state index contributed by atoms with van der Waals surface area (Å²) in [6, 6.07) is 2.66. The molecule has 0 fully saturated rings. The van der Waals surface area contributed by atoms with Gasteiger partial charge in [-0.1, -0.05) is 13.8 Å². The van der Waals surface area contributed by atoms with E-state index in [9.17, 15) is 27.9 Å². The third-order valence-electron chi connectivity index (χ3n) is 4.60. The van der Waals surface area contributed by atoms with Gasteiger partial charge in [0, 0.05) is 23.4 Å². The number of hydrogen-bond acceptors (Lipinski definition) is 7. The van der Waals surface area contributed by atoms with Gasteiger partial charge in [0.25, 0.3) is 5.91 Å². The molecule has 1 aromatic carbocycles. The van der Waals surface area contributed by atoms with Crippen molar-refractivity contribution < 1.29 is 32.6 Å². The summed E-state index contributed by atoms with van der Waals surface area (Å²) in [4.78, 5) is 33.3. The lowest BCUT2D eigenvalue weighted by Crippen LogP contribution is -2.20. The lowest BCUT2D eigenvalue weighted by Gasteiger charge is -2.20. The van der Waals surface area contributed by atoms with Crippen molar-refractivity contribution in [2.24, 2.45) is 0 Å². The number of aromatic nitrogens is 2. The number of rotatable bonds is 7. The Labute approximate surface area is 185 Å². The number of aromatic hydroxyl groups is 1. The number of fused-ring (bicyclic) bond motifs is 1. The summed E-state index contributed by atoms with van der Waals surface area (Å²) in [6.45, 7) is 3.50. The Morgan fingerprint density at radius 2 is 2.03 bits per heavy atom. The molecule has 0 spiro atoms. The smallest absolute Gasteiger partial charge is 0.416 e. The molecular formula is C21H20F3N3O4S. The van der Waals surface area contributed by atoms with Gasteiger partial charge in [-0.25, -0.2) is 9.97 Å². The van der Waals surface area contributed by atoms with Crippen LogP contribution in [0.4, 0.5) is 18.3 Å². The van der Waals surface area contributed by atoms with Gasteiger partial charge in [-0.15, -0.1) is 11.3 Å². The number of nitrogens with one attached hydrogen (secondary N) is 1. The van der Waals surface area contributed by atoms with Gasteiger partial charge in [0.15, 0.2) is 5.13 Å². The molecule has 0 radical (unpaired) electrons. The predicted octanol–water partition coefficient (Wildman–Crippen LogP) is 5.46. The minimum atomic E-state index is -4.65. The molecule has 2 aromatic heterocycles. The van der Waals surface area contributed by atoms with E-state index < -0.39 is 35.5 Å². The molecule has 0 bridgehead atoms. The standard InChI is InChI=1S/C21H20F3N3O4S/c1-3-5-15(28)31-14(4-2)17-16(19(30)27-20-25-8-9-32-20)18(29)12-10-11(21(22,23)24)6-7-13(12)26-17/h6-10,14H,3-5H2,1-2H3,(H,26,29)(H,25,27,30). The lowest BCUT2D eigenvalue weighted by atomic mass is 10.0. The maximum absolute atomic E-state index is 13.2. The molecule has 1 unspecified atom stereocenters. The van der Waals surface area contributed by atoms with E-state index in [2.05, 4.69) is 15.3 Å². The second-order valence-electron chi connectivity index (χ2n) is 6.88. The fourth-order valence-electron chi connectivity index (χ4n) is 3.10. The second-order valence-corrected chi connectivity index (χ2v) is 7.77. The molecule has 11 heteroatoms. The Hall–Kier alpha value is -3.21. The normalized spacial score (nSPS) is 12.5. The van der Waals surface area contributed by atoms with Crippen molar-refractivity contribution in [2.45, 2.75) is 45.4 Å². The summed E-state index contributed by atoms with van der Waals surface area (Å²) in [5, 5.41) is 15.0. The van der Waals surface area contributed by atoms with Gasteiger partial charge in [0.1, 0.15) is 17.4 Å². The summed E-state index contributed by atoms with van der Waals surface area (Å²) in [6.07, 6.45) is -3.26. The highest BCUT2D eigenvalue weighted by molar-refractivity contribution is 7.13. The van der Waals surface area contributed by atoms with Crippen molar-refractivity contribution in [2.75, 3.05) is 5.32 Å². The first-order valence-electron chi connectivity index (χ1n) is 9.79. The molecule has 3 rings (SSSR count). The average Bonchev–Trinajstić information content (AvgIpc) is 3.24. The molecule has 0 aliphatic heterocycles. The molecular weight excluding hydrogens is 447 g/mol. The number of amides is 1. The number of hydrogen-bond donors (Lipinski definition) is 2. The molecule has 0 saturated carbocycles. The highest BCUT2D eigenvalue weighted by Gasteiger charge is 2.33. The Morgan fingerprint density at radius 1 is 1.28 bits per heavy atom. The molecule has 0 aliphatic carbocycles. The maximum atomic E-state index is 13.2. The zero-order valence-electron chi connectivity index (χ0n) is 17.2. The van der Waals surface area contributed by atoms with Crippen molar-refractivity contribution in [1.29, 1.82) is 0 Å². The Morgan fingerprint density at radius 3 is 2.62 bits per heavy atom. The topological polar surface area (TPSA) is 101 Å². The molecule has 1 amide bonds. The summed E-state index contributed by atoms with van der Waals surface area (Å²) in [5.74, 6) is -2.03. The van der Waals surface area contributed by atoms with Gasteiger partial charge in [-0.05, 0) is 31.0 Å². The number of benzene rings is 1. The molecule has 170 valence electrons. The Balaban J connectivity index is 2.18. The molecule has 7 nitrogen and oxygen atoms in total. The Kier molecular flexibility index (Phi) is 6.97. The minimum absolute atomic E-state index is 0.0290. The van der Waals surface area contributed by atoms with Crippen molar-refractivity contribution in [1.82, 2.24) is 9.97 Å². The predicted molar refractivity (Wildman–Crippen MR) is 113 cm³/mol. The third kappa shape index (κ3) is 4.98. The quantitative estimate of drug-likeness (QED) is 0.447. The molecule has 2 N–H and O–H groups in total. The highest BCUT2D eigenvalue weighted by atomic mass is 32.1. The highest BCUT2D eigenvalue weighted by Crippen LogP contribution is 2.38. The van der Waals surface area contributed by atoms with E-state index in [1.807, 2.05) is 0 Å². The number of carbonyl (C=O) groups is 2. The summed E-state index contributed by atoms with van der Waals surface area (Å²) in [5.41, 5.74) is -1.39. The number of anilines is 1. The number of esters is 1. The van der Waals surface area contributed by atoms with Crippen LogP contribution < -0.4 is 5.32 Å². The van der Waals surface area contributed by atoms with E-state index in [-0.39, 0.29) is 40.1 Å². The van der Waals surface area contributed by atoms with Crippen molar-refractivity contribution in [3.63, 3.8) is 0 Å². The summed E-state index contributed by atoms with van der Waals surface area (Å²) >= 11 is 1.12. The van der Waals surface area contributed by atoms with Crippen LogP contribution in [0.1, 0.15) is 60.8 Å². The zero-order chi connectivity index (χ0) is 23.5. The number of ether oxygens (including phenoxy) is 1. The van der Waals surface area contributed by atoms with Crippen molar-refractivity contribution >= 4 is 39.2 Å². The van der Waals surface area contributed by atoms with Crippen LogP contribution in [0.15, 0.2) is 29.8 Å². The second kappa shape index (κ2) is 9.51. The molecule has 3 aromatic rings. The first-order chi connectivity index (χ1) is 15.2. The third-order valence-corrected chi connectivity index (χ3v) is 5.28. The number of pyridine rings is 1. The largest absolute Gasteiger partial charge is 0.506 e. The molecule has 0 saturated heterocycles. The van der Waals surface area contributed by atoms with Gasteiger partial charge < -0.3 is 9.84 Å². The first kappa shape index (κ1) is 23.5. The SMILES string of the molecule is CCCC(=O)OC(CC)c1nc2ccc(C(F)(F)F)cc2c(O)c1C(=O)Nc1nccs1. The van der Waals surface area contributed by atoms with Gasteiger partial charge in [0.2, 0.25) is 0 Å². The van der Waals surface area contributed by atoms with Crippen LogP contribution in [0.3, 0.4) is 0 Å². The maximum Gasteiger partial charge on any atom is 0.416 e. The van der Waals surface area contributed by atoms with E-state index in [0.717, 1.165) is 29.5 Å². The molecule has 2 heterocycles. The van der Waals surface area contributed by atoms with Crippen molar-refractivity contribution in [3.8, 4) is 5.75 Å². The molecule has 32 heavy (non-hydrogen) atoms. The van der Waals surface area contributed by atoms with E-state index >= 15 is 0 Å². The lowest BCUT2D eigenvalue weighted by molar-refractivity contribution is -0.150. The van der Waals surface area contributed by atoms with E-state index in [1.54, 1.807) is 19.2 Å². The van der Waals surface area contributed by atoms with Crippen LogP contribution in [0.2, 0.25) is 0 Å². The van der Waals surface area contributed by atoms with Crippen LogP contribution in [0.25, 0.3) is 10.9 Å². The number of halogens is 3. The van der Waals surface area contributed by atoms with Gasteiger partial charge in [-0.2, -0.15) is 13.2 Å². The summed E-state index contributed by atoms with van der Waals surface area (Å²) < 4.78 is 45.0. The van der Waals surface area contributed by atoms with Gasteiger partial charge in [-0.3, -0.25) is 14.9 Å². The molecule has 0 aliphatic rings. The van der Waals surface area contributed by atoms with Gasteiger partial charge in [0.05, 0.1) is 16.8 Å². The summed E-state index contributed by atoms with van der Waals surface area (Å²) in [7, 11) is 0. The number of alkyl halides is 3. The minimum Gasteiger partial charge on any atom is -0.506 e. The van der Waals surface area contributed by atoms with Crippen LogP contribution >= 0.6 is 11.3 Å². The monoisotopic (exact) mass is 467 g/mol. The number of nitrogens with zero attached hydrogens (tertiary/aromatic N) is 2. The number of thiazole rings is 1. The van der Waals surface area contributed by atoms with E-state index in [0.29, 0.717) is 6.42 Å². The fourth-order valence-corrected chi connectivity index (χ4v) is 3.62. The van der Waals surface area contributed by atoms with Crippen LogP contribution in [-0.4, -0.2) is 27.0 Å². The Bertz CT molecular complexity index is 1130. The average molecular weight is 467 g/mol. The van der Waals surface area contributed by atoms with E-state index in [4.69, 9.17) is 4.74 Å². The zero-order valence-corrected chi connectivity index (χ0v) is 18.0. The first-order valence-corrected chi connectivity index (χ1v) is 10.7. The van der Waals surface area contributed by atoms with Crippen molar-refractivity contribution in [3.05, 3.63) is 46.6 Å². The van der Waals surface area contributed by atoms with Gasteiger partial charge >= 0.3 is 12.1 Å². The van der Waals surface area contributed by atoms with E-state index in [1.165, 1.54) is 6.20 Å². The van der Waals surface area contributed by atoms with Crippen LogP contribution in [-0.2, 0) is 15.7 Å². The van der Waals surface area contributed by atoms with Crippen LogP contribution in [0, 0.1) is 0 Å².